The van der Waals surface area contributed by atoms with Crippen LogP contribution in [0.1, 0.15) is 49.4 Å². The van der Waals surface area contributed by atoms with Crippen molar-refractivity contribution in [3.8, 4) is 5.75 Å². The van der Waals surface area contributed by atoms with E-state index in [-0.39, 0.29) is 29.1 Å². The van der Waals surface area contributed by atoms with E-state index in [2.05, 4.69) is 17.6 Å². The molecule has 2 bridgehead atoms. The quantitative estimate of drug-likeness (QED) is 0.779. The largest absolute Gasteiger partial charge is 0.467 e. The number of benzene rings is 1. The molecule has 3 aliphatic carbocycles. The molecule has 1 aromatic carbocycles. The zero-order chi connectivity index (χ0) is 19.1. The van der Waals surface area contributed by atoms with Crippen LogP contribution in [0.4, 0.5) is 0 Å². The van der Waals surface area contributed by atoms with Gasteiger partial charge in [0.1, 0.15) is 5.75 Å². The summed E-state index contributed by atoms with van der Waals surface area (Å²) in [6.45, 7) is 3.45. The van der Waals surface area contributed by atoms with Crippen molar-refractivity contribution in [2.24, 2.45) is 17.3 Å². The summed E-state index contributed by atoms with van der Waals surface area (Å²) in [5, 5.41) is 6.22. The van der Waals surface area contributed by atoms with Crippen LogP contribution in [0.5, 0.6) is 5.75 Å². The second kappa shape index (κ2) is 6.82. The standard InChI is InChI=1S/C21H28N2O4/c1-20-9-8-14(12-16(20)19(25)22-10-5-11-26-2)21(13-20)23-18(24)15-6-3-4-7-17(15)27-21/h3-4,6-7,14,16H,5,8-13H2,1-2H3,(H,22,25)(H,23,24). The Labute approximate surface area is 160 Å². The van der Waals surface area contributed by atoms with E-state index in [9.17, 15) is 9.59 Å². The summed E-state index contributed by atoms with van der Waals surface area (Å²) in [5.41, 5.74) is -0.285. The van der Waals surface area contributed by atoms with E-state index in [4.69, 9.17) is 9.47 Å². The number of hydrogen-bond acceptors (Lipinski definition) is 4. The fourth-order valence-corrected chi connectivity index (χ4v) is 5.21. The predicted octanol–water partition coefficient (Wildman–Crippen LogP) is 2.48. The summed E-state index contributed by atoms with van der Waals surface area (Å²) in [7, 11) is 1.67. The number of para-hydroxylation sites is 1. The maximum Gasteiger partial charge on any atom is 0.258 e. The topological polar surface area (TPSA) is 76.7 Å². The molecule has 27 heavy (non-hydrogen) atoms. The van der Waals surface area contributed by atoms with Gasteiger partial charge >= 0.3 is 0 Å². The highest BCUT2D eigenvalue weighted by Crippen LogP contribution is 2.58. The first-order valence-electron chi connectivity index (χ1n) is 9.85. The molecule has 2 N–H and O–H groups in total. The van der Waals surface area contributed by atoms with Crippen molar-refractivity contribution >= 4 is 11.8 Å². The van der Waals surface area contributed by atoms with Crippen molar-refractivity contribution in [1.82, 2.24) is 10.6 Å². The first-order chi connectivity index (χ1) is 13.0. The van der Waals surface area contributed by atoms with Gasteiger partial charge in [-0.05, 0) is 43.2 Å². The molecule has 6 nitrogen and oxygen atoms in total. The fourth-order valence-electron chi connectivity index (χ4n) is 5.21. The van der Waals surface area contributed by atoms with Crippen LogP contribution in [0.15, 0.2) is 24.3 Å². The third-order valence-corrected chi connectivity index (χ3v) is 6.64. The molecular weight excluding hydrogens is 344 g/mol. The van der Waals surface area contributed by atoms with Gasteiger partial charge in [-0.2, -0.15) is 0 Å². The van der Waals surface area contributed by atoms with Gasteiger partial charge in [0.2, 0.25) is 5.91 Å². The van der Waals surface area contributed by atoms with Crippen LogP contribution in [0.3, 0.4) is 0 Å². The molecular formula is C21H28N2O4. The molecule has 2 amide bonds. The molecule has 0 aromatic heterocycles. The van der Waals surface area contributed by atoms with Gasteiger partial charge in [-0.15, -0.1) is 0 Å². The lowest BCUT2D eigenvalue weighted by Gasteiger charge is -2.59. The number of ether oxygens (including phenoxy) is 2. The summed E-state index contributed by atoms with van der Waals surface area (Å²) in [4.78, 5) is 25.5. The predicted molar refractivity (Wildman–Crippen MR) is 100 cm³/mol. The van der Waals surface area contributed by atoms with Crippen LogP contribution in [-0.2, 0) is 9.53 Å². The monoisotopic (exact) mass is 372 g/mol. The van der Waals surface area contributed by atoms with Crippen molar-refractivity contribution < 1.29 is 19.1 Å². The minimum atomic E-state index is -0.689. The normalized spacial score (nSPS) is 33.9. The smallest absolute Gasteiger partial charge is 0.258 e. The number of rotatable bonds is 5. The van der Waals surface area contributed by atoms with E-state index >= 15 is 0 Å². The van der Waals surface area contributed by atoms with E-state index in [0.29, 0.717) is 30.9 Å². The summed E-state index contributed by atoms with van der Waals surface area (Å²) < 4.78 is 11.4. The van der Waals surface area contributed by atoms with Crippen LogP contribution < -0.4 is 15.4 Å². The van der Waals surface area contributed by atoms with Crippen molar-refractivity contribution in [2.45, 2.75) is 44.8 Å². The molecule has 4 aliphatic rings. The van der Waals surface area contributed by atoms with Crippen LogP contribution >= 0.6 is 0 Å². The number of hydrogen-bond donors (Lipinski definition) is 2. The highest BCUT2D eigenvalue weighted by Gasteiger charge is 2.61. The van der Waals surface area contributed by atoms with Crippen LogP contribution in [0.2, 0.25) is 0 Å². The number of carbonyl (C=O) groups excluding carboxylic acids is 2. The lowest BCUT2D eigenvalue weighted by atomic mass is 9.52. The summed E-state index contributed by atoms with van der Waals surface area (Å²) in [5.74, 6) is 0.802. The van der Waals surface area contributed by atoms with Crippen LogP contribution in [0, 0.1) is 17.3 Å². The van der Waals surface area contributed by atoms with Crippen molar-refractivity contribution in [3.05, 3.63) is 29.8 Å². The first kappa shape index (κ1) is 18.3. The zero-order valence-corrected chi connectivity index (χ0v) is 16.0. The third kappa shape index (κ3) is 3.10. The van der Waals surface area contributed by atoms with E-state index in [1.165, 1.54) is 0 Å². The van der Waals surface area contributed by atoms with E-state index in [1.807, 2.05) is 18.2 Å². The highest BCUT2D eigenvalue weighted by molar-refractivity contribution is 5.98. The van der Waals surface area contributed by atoms with Crippen molar-refractivity contribution in [1.29, 1.82) is 0 Å². The Hall–Kier alpha value is -2.08. The van der Waals surface area contributed by atoms with Gasteiger partial charge in [-0.3, -0.25) is 9.59 Å². The molecule has 3 fully saturated rings. The van der Waals surface area contributed by atoms with Gasteiger partial charge in [0.05, 0.1) is 5.56 Å². The lowest BCUT2D eigenvalue weighted by molar-refractivity contribution is -0.167. The molecule has 6 heteroatoms. The maximum absolute atomic E-state index is 12.8. The number of amides is 2. The number of fused-ring (bicyclic) bond motifs is 3. The maximum atomic E-state index is 12.8. The Kier molecular flexibility index (Phi) is 4.62. The van der Waals surface area contributed by atoms with Gasteiger partial charge in [-0.1, -0.05) is 19.1 Å². The van der Waals surface area contributed by atoms with Crippen LogP contribution in [0.25, 0.3) is 0 Å². The Bertz CT molecular complexity index is 751. The second-order valence-electron chi connectivity index (χ2n) is 8.43. The van der Waals surface area contributed by atoms with Crippen LogP contribution in [-0.4, -0.2) is 37.8 Å². The molecule has 4 unspecified atom stereocenters. The molecule has 0 saturated heterocycles. The van der Waals surface area contributed by atoms with E-state index < -0.39 is 5.72 Å². The molecule has 0 radical (unpaired) electrons. The Morgan fingerprint density at radius 3 is 3.00 bits per heavy atom. The van der Waals surface area contributed by atoms with E-state index in [0.717, 1.165) is 25.7 Å². The van der Waals surface area contributed by atoms with Gasteiger partial charge in [0.25, 0.3) is 5.91 Å². The first-order valence-corrected chi connectivity index (χ1v) is 9.85. The molecule has 1 heterocycles. The highest BCUT2D eigenvalue weighted by atomic mass is 16.5. The van der Waals surface area contributed by atoms with E-state index in [1.54, 1.807) is 13.2 Å². The van der Waals surface area contributed by atoms with Gasteiger partial charge < -0.3 is 20.1 Å². The Morgan fingerprint density at radius 2 is 2.22 bits per heavy atom. The summed E-state index contributed by atoms with van der Waals surface area (Å²) >= 11 is 0. The summed E-state index contributed by atoms with van der Waals surface area (Å²) in [6, 6.07) is 7.39. The minimum absolute atomic E-state index is 0.0397. The van der Waals surface area contributed by atoms with Gasteiger partial charge in [0.15, 0.2) is 5.72 Å². The molecule has 1 spiro atoms. The lowest BCUT2D eigenvalue weighted by Crippen LogP contribution is -2.69. The third-order valence-electron chi connectivity index (χ3n) is 6.64. The molecule has 146 valence electrons. The number of methoxy groups -OCH3 is 1. The molecule has 4 atom stereocenters. The van der Waals surface area contributed by atoms with Crippen molar-refractivity contribution in [2.75, 3.05) is 20.3 Å². The van der Waals surface area contributed by atoms with Gasteiger partial charge in [-0.25, -0.2) is 0 Å². The number of nitrogens with one attached hydrogen (secondary N) is 2. The minimum Gasteiger partial charge on any atom is -0.467 e. The second-order valence-corrected chi connectivity index (χ2v) is 8.43. The van der Waals surface area contributed by atoms with Crippen molar-refractivity contribution in [3.63, 3.8) is 0 Å². The average Bonchev–Trinajstić information content (AvgIpc) is 2.64. The molecule has 5 rings (SSSR count). The molecule has 1 aliphatic heterocycles. The summed E-state index contributed by atoms with van der Waals surface area (Å²) in [6.07, 6.45) is 4.17. The molecule has 1 aromatic rings. The zero-order valence-electron chi connectivity index (χ0n) is 16.0. The molecule has 3 saturated carbocycles. The Morgan fingerprint density at radius 1 is 1.41 bits per heavy atom. The fraction of sp³-hybridized carbons (Fsp3) is 0.619. The Balaban J connectivity index is 1.51. The number of carbonyl (C=O) groups is 2. The SMILES string of the molecule is COCCCNC(=O)C1CC2CCC1(C)CC21NC(=O)c2ccccc2O1. The van der Waals surface area contributed by atoms with Gasteiger partial charge in [0, 0.05) is 38.5 Å². The average molecular weight is 372 g/mol.